The van der Waals surface area contributed by atoms with Crippen molar-refractivity contribution < 1.29 is 19.1 Å². The molecule has 136 valence electrons. The van der Waals surface area contributed by atoms with Crippen LogP contribution in [0.5, 0.6) is 0 Å². The highest BCUT2D eigenvalue weighted by molar-refractivity contribution is 6.46. The first-order valence-corrected chi connectivity index (χ1v) is 8.44. The van der Waals surface area contributed by atoms with Crippen LogP contribution in [0, 0.1) is 0 Å². The molecular formula is C17H13Cl3N2O4. The average Bonchev–Trinajstić information content (AvgIpc) is 2.59. The number of halogens is 3. The van der Waals surface area contributed by atoms with Gasteiger partial charge in [-0.1, -0.05) is 53.0 Å². The van der Waals surface area contributed by atoms with Gasteiger partial charge in [0.05, 0.1) is 20.6 Å². The molecule has 2 N–H and O–H groups in total. The zero-order valence-electron chi connectivity index (χ0n) is 13.4. The Bertz CT molecular complexity index is 843. The van der Waals surface area contributed by atoms with E-state index in [4.69, 9.17) is 39.5 Å². The number of carbonyl (C=O) groups excluding carboxylic acids is 3. The van der Waals surface area contributed by atoms with Gasteiger partial charge in [-0.3, -0.25) is 10.1 Å². The van der Waals surface area contributed by atoms with E-state index in [1.165, 1.54) is 19.1 Å². The standard InChI is InChI=1S/C17H13Cl3N2O4/c1-9(15(23)22-17(25)21-10-5-3-2-4-6-10)26-16(24)13-11(18)7-8-12(19)14(13)20/h2-9H,1H3,(H2,21,22,23,25). The summed E-state index contributed by atoms with van der Waals surface area (Å²) in [6.07, 6.45) is -1.27. The van der Waals surface area contributed by atoms with Gasteiger partial charge in [-0.25, -0.2) is 9.59 Å². The summed E-state index contributed by atoms with van der Waals surface area (Å²) < 4.78 is 5.01. The van der Waals surface area contributed by atoms with E-state index in [1.807, 2.05) is 0 Å². The number of ether oxygens (including phenoxy) is 1. The lowest BCUT2D eigenvalue weighted by atomic mass is 10.2. The number of hydrogen-bond donors (Lipinski definition) is 2. The quantitative estimate of drug-likeness (QED) is 0.567. The van der Waals surface area contributed by atoms with Crippen LogP contribution in [0.2, 0.25) is 15.1 Å². The van der Waals surface area contributed by atoms with Crippen LogP contribution >= 0.6 is 34.8 Å². The summed E-state index contributed by atoms with van der Waals surface area (Å²) >= 11 is 17.7. The van der Waals surface area contributed by atoms with Gasteiger partial charge in [0.1, 0.15) is 0 Å². The number of anilines is 1. The van der Waals surface area contributed by atoms with E-state index in [2.05, 4.69) is 10.6 Å². The predicted octanol–water partition coefficient (Wildman–Crippen LogP) is 4.54. The minimum Gasteiger partial charge on any atom is -0.449 e. The molecule has 1 atom stereocenters. The first kappa shape index (κ1) is 20.0. The Morgan fingerprint density at radius 2 is 1.58 bits per heavy atom. The molecule has 2 rings (SSSR count). The summed E-state index contributed by atoms with van der Waals surface area (Å²) in [4.78, 5) is 36.0. The monoisotopic (exact) mass is 414 g/mol. The van der Waals surface area contributed by atoms with E-state index in [0.29, 0.717) is 5.69 Å². The van der Waals surface area contributed by atoms with Crippen molar-refractivity contribution in [2.75, 3.05) is 5.32 Å². The highest BCUT2D eigenvalue weighted by Crippen LogP contribution is 2.32. The highest BCUT2D eigenvalue weighted by Gasteiger charge is 2.24. The Morgan fingerprint density at radius 1 is 0.962 bits per heavy atom. The Labute approximate surface area is 164 Å². The maximum Gasteiger partial charge on any atom is 0.342 e. The van der Waals surface area contributed by atoms with Gasteiger partial charge in [0.25, 0.3) is 5.91 Å². The van der Waals surface area contributed by atoms with Crippen molar-refractivity contribution in [2.45, 2.75) is 13.0 Å². The summed E-state index contributed by atoms with van der Waals surface area (Å²) in [7, 11) is 0. The minimum absolute atomic E-state index is 0.0267. The van der Waals surface area contributed by atoms with E-state index in [9.17, 15) is 14.4 Å². The lowest BCUT2D eigenvalue weighted by molar-refractivity contribution is -0.127. The summed E-state index contributed by atoms with van der Waals surface area (Å²) in [5.41, 5.74) is 0.342. The van der Waals surface area contributed by atoms with Gasteiger partial charge >= 0.3 is 12.0 Å². The second-order valence-corrected chi connectivity index (χ2v) is 6.27. The number of para-hydroxylation sites is 1. The summed E-state index contributed by atoms with van der Waals surface area (Å²) in [5.74, 6) is -1.75. The van der Waals surface area contributed by atoms with Crippen molar-refractivity contribution in [3.8, 4) is 0 Å². The molecule has 0 aliphatic heterocycles. The number of amides is 3. The molecular weight excluding hydrogens is 403 g/mol. The number of urea groups is 1. The number of benzene rings is 2. The van der Waals surface area contributed by atoms with Gasteiger partial charge in [-0.2, -0.15) is 0 Å². The van der Waals surface area contributed by atoms with Crippen molar-refractivity contribution in [2.24, 2.45) is 0 Å². The molecule has 0 bridgehead atoms. The van der Waals surface area contributed by atoms with Gasteiger partial charge in [-0.05, 0) is 31.2 Å². The SMILES string of the molecule is CC(OC(=O)c1c(Cl)ccc(Cl)c1Cl)C(=O)NC(=O)Nc1ccccc1. The maximum atomic E-state index is 12.2. The zero-order chi connectivity index (χ0) is 19.3. The third-order valence-corrected chi connectivity index (χ3v) is 4.29. The topological polar surface area (TPSA) is 84.5 Å². The fraction of sp³-hybridized carbons (Fsp3) is 0.118. The molecule has 0 saturated carbocycles. The maximum absolute atomic E-state index is 12.2. The molecule has 0 aromatic heterocycles. The van der Waals surface area contributed by atoms with Crippen molar-refractivity contribution in [1.82, 2.24) is 5.32 Å². The van der Waals surface area contributed by atoms with Crippen LogP contribution in [0.15, 0.2) is 42.5 Å². The molecule has 1 unspecified atom stereocenters. The third kappa shape index (κ3) is 5.11. The number of hydrogen-bond acceptors (Lipinski definition) is 4. The molecule has 2 aromatic rings. The largest absolute Gasteiger partial charge is 0.449 e. The summed E-state index contributed by atoms with van der Waals surface area (Å²) in [5, 5.41) is 4.59. The zero-order valence-corrected chi connectivity index (χ0v) is 15.7. The smallest absolute Gasteiger partial charge is 0.342 e. The third-order valence-electron chi connectivity index (χ3n) is 3.17. The first-order chi connectivity index (χ1) is 12.3. The predicted molar refractivity (Wildman–Crippen MR) is 100.0 cm³/mol. The van der Waals surface area contributed by atoms with Crippen LogP contribution in [-0.4, -0.2) is 24.0 Å². The van der Waals surface area contributed by atoms with Gasteiger partial charge in [0.2, 0.25) is 0 Å². The second-order valence-electron chi connectivity index (χ2n) is 5.08. The minimum atomic E-state index is -1.27. The molecule has 0 fully saturated rings. The lowest BCUT2D eigenvalue weighted by Gasteiger charge is -2.14. The molecule has 0 aliphatic carbocycles. The summed E-state index contributed by atoms with van der Waals surface area (Å²) in [6, 6.07) is 10.6. The van der Waals surface area contributed by atoms with E-state index < -0.39 is 24.0 Å². The van der Waals surface area contributed by atoms with Crippen LogP contribution in [0.4, 0.5) is 10.5 Å². The number of esters is 1. The van der Waals surface area contributed by atoms with Crippen molar-refractivity contribution in [3.05, 3.63) is 63.1 Å². The molecule has 6 nitrogen and oxygen atoms in total. The molecule has 0 aliphatic rings. The van der Waals surface area contributed by atoms with Crippen LogP contribution in [0.3, 0.4) is 0 Å². The van der Waals surface area contributed by atoms with E-state index >= 15 is 0 Å². The van der Waals surface area contributed by atoms with Crippen LogP contribution in [0.1, 0.15) is 17.3 Å². The Kier molecular flexibility index (Phi) is 6.85. The first-order valence-electron chi connectivity index (χ1n) is 7.31. The Morgan fingerprint density at radius 3 is 2.23 bits per heavy atom. The van der Waals surface area contributed by atoms with Gasteiger partial charge < -0.3 is 10.1 Å². The highest BCUT2D eigenvalue weighted by atomic mass is 35.5. The Hall–Kier alpha value is -2.28. The Balaban J connectivity index is 1.97. The van der Waals surface area contributed by atoms with Crippen molar-refractivity contribution in [3.63, 3.8) is 0 Å². The fourth-order valence-electron chi connectivity index (χ4n) is 1.88. The van der Waals surface area contributed by atoms with Crippen LogP contribution in [-0.2, 0) is 9.53 Å². The molecule has 0 radical (unpaired) electrons. The van der Waals surface area contributed by atoms with Gasteiger partial charge in [-0.15, -0.1) is 0 Å². The normalized spacial score (nSPS) is 11.4. The molecule has 26 heavy (non-hydrogen) atoms. The second kappa shape index (κ2) is 8.89. The van der Waals surface area contributed by atoms with E-state index in [0.717, 1.165) is 0 Å². The molecule has 3 amide bonds. The van der Waals surface area contributed by atoms with Crippen molar-refractivity contribution >= 4 is 58.4 Å². The van der Waals surface area contributed by atoms with Crippen LogP contribution < -0.4 is 10.6 Å². The van der Waals surface area contributed by atoms with Crippen LogP contribution in [0.25, 0.3) is 0 Å². The van der Waals surface area contributed by atoms with Crippen molar-refractivity contribution in [1.29, 1.82) is 0 Å². The number of imide groups is 1. The molecule has 0 spiro atoms. The fourth-order valence-corrected chi connectivity index (χ4v) is 2.57. The molecule has 0 heterocycles. The lowest BCUT2D eigenvalue weighted by Crippen LogP contribution is -2.41. The van der Waals surface area contributed by atoms with Gasteiger partial charge in [0.15, 0.2) is 6.10 Å². The van der Waals surface area contributed by atoms with E-state index in [1.54, 1.807) is 30.3 Å². The average molecular weight is 416 g/mol. The van der Waals surface area contributed by atoms with E-state index in [-0.39, 0.29) is 20.6 Å². The number of nitrogens with one attached hydrogen (secondary N) is 2. The number of carbonyl (C=O) groups is 3. The number of rotatable bonds is 4. The molecule has 0 saturated heterocycles. The van der Waals surface area contributed by atoms with Gasteiger partial charge in [0, 0.05) is 5.69 Å². The molecule has 2 aromatic carbocycles. The molecule has 9 heteroatoms. The summed E-state index contributed by atoms with van der Waals surface area (Å²) in [6.45, 7) is 1.30.